The van der Waals surface area contributed by atoms with Crippen LogP contribution in [0.2, 0.25) is 0 Å². The van der Waals surface area contributed by atoms with Crippen LogP contribution in [0.25, 0.3) is 0 Å². The Balaban J connectivity index is -0.000000500. The van der Waals surface area contributed by atoms with E-state index >= 15 is 0 Å². The van der Waals surface area contributed by atoms with E-state index in [0.29, 0.717) is 0 Å². The first-order chi connectivity index (χ1) is 4.95. The molecular formula is C5H13NaO5S. The first-order valence-electron chi connectivity index (χ1n) is 3.13. The third-order valence-corrected chi connectivity index (χ3v) is 1.68. The van der Waals surface area contributed by atoms with Crippen molar-refractivity contribution in [3.8, 4) is 0 Å². The van der Waals surface area contributed by atoms with E-state index in [1.165, 1.54) is 0 Å². The van der Waals surface area contributed by atoms with Gasteiger partial charge in [-0.05, 0) is 6.92 Å². The minimum Gasteiger partial charge on any atom is -1.00 e. The molecular weight excluding hydrogens is 195 g/mol. The van der Waals surface area contributed by atoms with Crippen molar-refractivity contribution in [2.75, 3.05) is 19.0 Å². The van der Waals surface area contributed by atoms with Crippen molar-refractivity contribution in [2.24, 2.45) is 0 Å². The van der Waals surface area contributed by atoms with Crippen molar-refractivity contribution in [3.63, 3.8) is 0 Å². The van der Waals surface area contributed by atoms with Crippen LogP contribution in [-0.2, 0) is 14.9 Å². The molecule has 0 fully saturated rings. The Hall–Kier alpha value is 0.830. The number of aliphatic hydroxyl groups is 1. The molecule has 7 heteroatoms. The van der Waals surface area contributed by atoms with Crippen molar-refractivity contribution in [2.45, 2.75) is 13.0 Å². The number of hydrogen-bond acceptors (Lipinski definition) is 4. The van der Waals surface area contributed by atoms with Crippen molar-refractivity contribution in [3.05, 3.63) is 0 Å². The van der Waals surface area contributed by atoms with Gasteiger partial charge in [-0.3, -0.25) is 4.55 Å². The molecule has 0 heterocycles. The van der Waals surface area contributed by atoms with Crippen molar-refractivity contribution >= 4 is 10.1 Å². The van der Waals surface area contributed by atoms with E-state index in [0.717, 1.165) is 0 Å². The summed E-state index contributed by atoms with van der Waals surface area (Å²) in [5.74, 6) is -0.433. The molecule has 0 aliphatic rings. The summed E-state index contributed by atoms with van der Waals surface area (Å²) in [6.07, 6.45) is -0.392. The van der Waals surface area contributed by atoms with Gasteiger partial charge >= 0.3 is 29.6 Å². The summed E-state index contributed by atoms with van der Waals surface area (Å²) in [5.41, 5.74) is 0. The minimum absolute atomic E-state index is 0. The average molecular weight is 208 g/mol. The van der Waals surface area contributed by atoms with Crippen LogP contribution in [0, 0.1) is 0 Å². The van der Waals surface area contributed by atoms with E-state index in [1.807, 2.05) is 0 Å². The second-order valence-corrected chi connectivity index (χ2v) is 3.72. The zero-order valence-corrected chi connectivity index (χ0v) is 10.0. The van der Waals surface area contributed by atoms with E-state index in [1.54, 1.807) is 6.92 Å². The largest absolute Gasteiger partial charge is 1.00 e. The Morgan fingerprint density at radius 1 is 1.58 bits per heavy atom. The third-order valence-electron chi connectivity index (χ3n) is 1.00. The fourth-order valence-electron chi connectivity index (χ4n) is 0.407. The normalized spacial score (nSPS) is 13.6. The Bertz CT molecular complexity index is 195. The van der Waals surface area contributed by atoms with Crippen LogP contribution in [0.1, 0.15) is 8.35 Å². The fourth-order valence-corrected chi connectivity index (χ4v) is 0.714. The van der Waals surface area contributed by atoms with Gasteiger partial charge in [0, 0.05) is 0 Å². The van der Waals surface area contributed by atoms with Gasteiger partial charge in [0.25, 0.3) is 10.1 Å². The molecule has 0 spiro atoms. The molecule has 0 saturated carbocycles. The summed E-state index contributed by atoms with van der Waals surface area (Å²) in [6.45, 7) is 1.34. The molecule has 0 aromatic rings. The van der Waals surface area contributed by atoms with Gasteiger partial charge < -0.3 is 11.3 Å². The Morgan fingerprint density at radius 3 is 2.42 bits per heavy atom. The molecule has 5 nitrogen and oxygen atoms in total. The first kappa shape index (κ1) is 15.3. The van der Waals surface area contributed by atoms with Crippen LogP contribution >= 0.6 is 0 Å². The zero-order chi connectivity index (χ0) is 8.91. The summed E-state index contributed by atoms with van der Waals surface area (Å²) >= 11 is 0. The maximum Gasteiger partial charge on any atom is 1.00 e. The Morgan fingerprint density at radius 2 is 2.08 bits per heavy atom. The van der Waals surface area contributed by atoms with E-state index in [4.69, 9.17) is 14.4 Å². The summed E-state index contributed by atoms with van der Waals surface area (Å²) in [5, 5.41) is 8.43. The molecule has 0 aliphatic carbocycles. The molecule has 0 bridgehead atoms. The molecule has 1 unspecified atom stereocenters. The monoisotopic (exact) mass is 208 g/mol. The summed E-state index contributed by atoms with van der Waals surface area (Å²) in [7, 11) is -3.93. The van der Waals surface area contributed by atoms with Crippen LogP contribution in [0.4, 0.5) is 0 Å². The SMILES string of the molecule is CC(CO)OCCS(=O)(=O)O.[H-].[Na+]. The van der Waals surface area contributed by atoms with Gasteiger partial charge in [-0.2, -0.15) is 8.42 Å². The fraction of sp³-hybridized carbons (Fsp3) is 1.00. The van der Waals surface area contributed by atoms with E-state index in [9.17, 15) is 8.42 Å². The summed E-state index contributed by atoms with van der Waals surface area (Å²) in [6, 6.07) is 0. The number of ether oxygens (including phenoxy) is 1. The second-order valence-electron chi connectivity index (χ2n) is 2.15. The molecule has 0 rings (SSSR count). The molecule has 0 saturated heterocycles. The maximum absolute atomic E-state index is 10.1. The van der Waals surface area contributed by atoms with Gasteiger partial charge in [0.1, 0.15) is 0 Å². The van der Waals surface area contributed by atoms with Crippen LogP contribution in [0.3, 0.4) is 0 Å². The van der Waals surface area contributed by atoms with Crippen LogP contribution in [0.5, 0.6) is 0 Å². The third kappa shape index (κ3) is 10.8. The second kappa shape index (κ2) is 7.25. The molecule has 0 aliphatic heterocycles. The molecule has 0 amide bonds. The topological polar surface area (TPSA) is 83.8 Å². The molecule has 2 N–H and O–H groups in total. The predicted molar refractivity (Wildman–Crippen MR) is 40.0 cm³/mol. The molecule has 12 heavy (non-hydrogen) atoms. The van der Waals surface area contributed by atoms with Gasteiger partial charge in [0.15, 0.2) is 0 Å². The zero-order valence-electron chi connectivity index (χ0n) is 8.23. The number of hydrogen-bond donors (Lipinski definition) is 2. The summed E-state index contributed by atoms with van der Waals surface area (Å²) < 4.78 is 33.2. The predicted octanol–water partition coefficient (Wildman–Crippen LogP) is -3.61. The Kier molecular flexibility index (Phi) is 9.25. The van der Waals surface area contributed by atoms with Gasteiger partial charge in [-0.25, -0.2) is 0 Å². The van der Waals surface area contributed by atoms with Crippen molar-refractivity contribution < 1.29 is 53.8 Å². The van der Waals surface area contributed by atoms with Gasteiger partial charge in [0.2, 0.25) is 0 Å². The Labute approximate surface area is 95.6 Å². The summed E-state index contributed by atoms with van der Waals surface area (Å²) in [4.78, 5) is 0. The van der Waals surface area contributed by atoms with E-state index < -0.39 is 22.0 Å². The van der Waals surface area contributed by atoms with Gasteiger partial charge in [-0.15, -0.1) is 0 Å². The van der Waals surface area contributed by atoms with E-state index in [-0.39, 0.29) is 44.2 Å². The molecule has 1 atom stereocenters. The standard InChI is InChI=1S/C5H12O5S.Na.H/c1-5(4-6)10-2-3-11(7,8)9;;/h5-6H,2-4H2,1H3,(H,7,8,9);;/q;+1;-1. The molecule has 70 valence electrons. The maximum atomic E-state index is 10.1. The quantitative estimate of drug-likeness (QED) is 0.360. The molecule has 0 aromatic carbocycles. The van der Waals surface area contributed by atoms with Crippen molar-refractivity contribution in [1.29, 1.82) is 0 Å². The van der Waals surface area contributed by atoms with Crippen LogP contribution in [0.15, 0.2) is 0 Å². The van der Waals surface area contributed by atoms with Crippen molar-refractivity contribution in [1.82, 2.24) is 0 Å². The van der Waals surface area contributed by atoms with Gasteiger partial charge in [0.05, 0.1) is 25.1 Å². The number of rotatable bonds is 5. The van der Waals surface area contributed by atoms with Crippen LogP contribution in [-0.4, -0.2) is 43.1 Å². The minimum atomic E-state index is -3.93. The van der Waals surface area contributed by atoms with Crippen LogP contribution < -0.4 is 29.6 Å². The van der Waals surface area contributed by atoms with E-state index in [2.05, 4.69) is 0 Å². The average Bonchev–Trinajstić information content (AvgIpc) is 1.85. The molecule has 0 radical (unpaired) electrons. The molecule has 0 aromatic heterocycles. The van der Waals surface area contributed by atoms with Gasteiger partial charge in [-0.1, -0.05) is 0 Å². The first-order valence-corrected chi connectivity index (χ1v) is 4.74. The smallest absolute Gasteiger partial charge is 1.00 e. The number of aliphatic hydroxyl groups excluding tert-OH is 1.